The van der Waals surface area contributed by atoms with E-state index in [0.29, 0.717) is 36.8 Å². The maximum atomic E-state index is 13.1. The number of nitrogens with zero attached hydrogens (tertiary/aromatic N) is 1. The van der Waals surface area contributed by atoms with Crippen molar-refractivity contribution in [2.75, 3.05) is 31.5 Å². The number of sulfonamides is 1. The first-order valence-electron chi connectivity index (χ1n) is 11.1. The third kappa shape index (κ3) is 6.93. The van der Waals surface area contributed by atoms with Gasteiger partial charge in [-0.05, 0) is 49.6 Å². The summed E-state index contributed by atoms with van der Waals surface area (Å²) in [5.41, 5.74) is 0.334. The molecule has 1 aliphatic rings. The van der Waals surface area contributed by atoms with E-state index in [-0.39, 0.29) is 11.4 Å². The van der Waals surface area contributed by atoms with Gasteiger partial charge in [0.05, 0.1) is 17.1 Å². The van der Waals surface area contributed by atoms with Crippen molar-refractivity contribution in [3.8, 4) is 11.5 Å². The van der Waals surface area contributed by atoms with Crippen molar-refractivity contribution >= 4 is 27.6 Å². The number of piperidine rings is 1. The number of hydrogen-bond donors (Lipinski definition) is 3. The van der Waals surface area contributed by atoms with E-state index in [1.807, 2.05) is 25.1 Å². The molecule has 0 spiro atoms. The van der Waals surface area contributed by atoms with E-state index in [9.17, 15) is 18.0 Å². The predicted octanol–water partition coefficient (Wildman–Crippen LogP) is 3.30. The van der Waals surface area contributed by atoms with E-state index in [1.54, 1.807) is 18.2 Å². The summed E-state index contributed by atoms with van der Waals surface area (Å²) >= 11 is 0. The quantitative estimate of drug-likeness (QED) is 0.513. The van der Waals surface area contributed by atoms with Crippen molar-refractivity contribution in [1.82, 2.24) is 14.9 Å². The Morgan fingerprint density at radius 3 is 2.45 bits per heavy atom. The van der Waals surface area contributed by atoms with Crippen molar-refractivity contribution in [3.63, 3.8) is 0 Å². The number of rotatable bonds is 9. The van der Waals surface area contributed by atoms with Crippen LogP contribution in [0.2, 0.25) is 0 Å². The number of carbonyl (C=O) groups excluding carboxylic acids is 2. The predicted molar refractivity (Wildman–Crippen MR) is 126 cm³/mol. The summed E-state index contributed by atoms with van der Waals surface area (Å²) in [6.07, 6.45) is 3.43. The summed E-state index contributed by atoms with van der Waals surface area (Å²) in [6, 6.07) is 13.0. The van der Waals surface area contributed by atoms with Gasteiger partial charge in [-0.15, -0.1) is 0 Å². The molecule has 1 saturated heterocycles. The summed E-state index contributed by atoms with van der Waals surface area (Å²) in [6.45, 7) is 3.10. The average molecular weight is 475 g/mol. The van der Waals surface area contributed by atoms with Crippen LogP contribution in [0.15, 0.2) is 53.4 Å². The number of anilines is 1. The molecule has 0 atom stereocenters. The third-order valence-corrected chi connectivity index (χ3v) is 7.00. The van der Waals surface area contributed by atoms with Crippen molar-refractivity contribution < 1.29 is 22.7 Å². The summed E-state index contributed by atoms with van der Waals surface area (Å²) < 4.78 is 33.6. The summed E-state index contributed by atoms with van der Waals surface area (Å²) in [7, 11) is -3.67. The lowest BCUT2D eigenvalue weighted by molar-refractivity contribution is -0.118. The number of nitrogens with one attached hydrogen (secondary N) is 3. The van der Waals surface area contributed by atoms with Crippen LogP contribution >= 0.6 is 0 Å². The van der Waals surface area contributed by atoms with Gasteiger partial charge in [0.15, 0.2) is 5.75 Å². The first-order chi connectivity index (χ1) is 15.9. The fourth-order valence-corrected chi connectivity index (χ4v) is 4.94. The van der Waals surface area contributed by atoms with Gasteiger partial charge in [0.1, 0.15) is 5.75 Å². The minimum absolute atomic E-state index is 0.119. The molecule has 1 heterocycles. The summed E-state index contributed by atoms with van der Waals surface area (Å²) in [5, 5.41) is 7.70. The second kappa shape index (κ2) is 11.7. The Morgan fingerprint density at radius 2 is 1.76 bits per heavy atom. The zero-order valence-corrected chi connectivity index (χ0v) is 19.5. The number of para-hydroxylation sites is 1. The Labute approximate surface area is 194 Å². The lowest BCUT2D eigenvalue weighted by Gasteiger charge is -2.26. The van der Waals surface area contributed by atoms with Crippen molar-refractivity contribution in [1.29, 1.82) is 0 Å². The molecule has 0 saturated carbocycles. The molecule has 3 rings (SSSR count). The number of carbonyl (C=O) groups is 2. The first-order valence-corrected chi connectivity index (χ1v) is 12.5. The number of ether oxygens (including phenoxy) is 1. The van der Waals surface area contributed by atoms with Crippen LogP contribution in [0.4, 0.5) is 10.5 Å². The van der Waals surface area contributed by atoms with Gasteiger partial charge < -0.3 is 15.4 Å². The van der Waals surface area contributed by atoms with Gasteiger partial charge in [-0.3, -0.25) is 10.1 Å². The topological polar surface area (TPSA) is 117 Å². The fourth-order valence-electron chi connectivity index (χ4n) is 3.40. The van der Waals surface area contributed by atoms with Crippen LogP contribution in [0.25, 0.3) is 0 Å². The highest BCUT2D eigenvalue weighted by molar-refractivity contribution is 7.89. The lowest BCUT2D eigenvalue weighted by atomic mass is 10.2. The van der Waals surface area contributed by atoms with Crippen LogP contribution in [-0.4, -0.2) is 50.8 Å². The van der Waals surface area contributed by atoms with Gasteiger partial charge >= 0.3 is 6.03 Å². The zero-order valence-electron chi connectivity index (χ0n) is 18.7. The van der Waals surface area contributed by atoms with Crippen molar-refractivity contribution in [2.24, 2.45) is 0 Å². The van der Waals surface area contributed by atoms with Crippen LogP contribution < -0.4 is 20.7 Å². The highest BCUT2D eigenvalue weighted by atomic mass is 32.2. The van der Waals surface area contributed by atoms with Crippen LogP contribution in [0.1, 0.15) is 32.6 Å². The van der Waals surface area contributed by atoms with Gasteiger partial charge in [-0.25, -0.2) is 13.2 Å². The van der Waals surface area contributed by atoms with E-state index in [0.717, 1.165) is 25.7 Å². The van der Waals surface area contributed by atoms with E-state index in [2.05, 4.69) is 16.0 Å². The highest BCUT2D eigenvalue weighted by Gasteiger charge is 2.27. The van der Waals surface area contributed by atoms with E-state index in [4.69, 9.17) is 4.74 Å². The number of urea groups is 1. The first kappa shape index (κ1) is 24.5. The molecule has 0 bridgehead atoms. The Balaban J connectivity index is 1.80. The molecule has 3 amide bonds. The van der Waals surface area contributed by atoms with Gasteiger partial charge in [0, 0.05) is 19.6 Å². The highest BCUT2D eigenvalue weighted by Crippen LogP contribution is 2.33. The van der Waals surface area contributed by atoms with Gasteiger partial charge in [-0.2, -0.15) is 4.31 Å². The minimum atomic E-state index is -3.67. The molecule has 3 N–H and O–H groups in total. The molecule has 0 aromatic heterocycles. The molecule has 2 aromatic rings. The van der Waals surface area contributed by atoms with Crippen LogP contribution in [0, 0.1) is 0 Å². The number of benzene rings is 2. The maximum absolute atomic E-state index is 13.1. The number of amides is 3. The molecule has 0 radical (unpaired) electrons. The third-order valence-electron chi connectivity index (χ3n) is 5.10. The Hall–Kier alpha value is -3.11. The van der Waals surface area contributed by atoms with E-state index >= 15 is 0 Å². The van der Waals surface area contributed by atoms with E-state index in [1.165, 1.54) is 16.4 Å². The summed E-state index contributed by atoms with van der Waals surface area (Å²) in [4.78, 5) is 24.0. The molecule has 0 unspecified atom stereocenters. The molecular weight excluding hydrogens is 444 g/mol. The second-order valence-electron chi connectivity index (χ2n) is 7.70. The van der Waals surface area contributed by atoms with Gasteiger partial charge in [0.25, 0.3) is 0 Å². The smallest absolute Gasteiger partial charge is 0.321 e. The Bertz CT molecular complexity index is 1050. The van der Waals surface area contributed by atoms with Gasteiger partial charge in [0.2, 0.25) is 15.9 Å². The molecule has 9 nitrogen and oxygen atoms in total. The number of imide groups is 1. The van der Waals surface area contributed by atoms with Crippen LogP contribution in [0.3, 0.4) is 0 Å². The van der Waals surface area contributed by atoms with Crippen LogP contribution in [0.5, 0.6) is 11.5 Å². The van der Waals surface area contributed by atoms with E-state index < -0.39 is 22.0 Å². The molecule has 2 aromatic carbocycles. The molecule has 1 aliphatic heterocycles. The van der Waals surface area contributed by atoms with Crippen LogP contribution in [-0.2, 0) is 14.8 Å². The SMILES string of the molecule is CCCNC(=O)NC(=O)CNc1cc(S(=O)(=O)N2CCCCC2)ccc1Oc1ccccc1. The Kier molecular flexibility index (Phi) is 8.67. The second-order valence-corrected chi connectivity index (χ2v) is 9.63. The zero-order chi connectivity index (χ0) is 23.7. The van der Waals surface area contributed by atoms with Crippen molar-refractivity contribution in [2.45, 2.75) is 37.5 Å². The summed E-state index contributed by atoms with van der Waals surface area (Å²) in [5.74, 6) is 0.371. The molecule has 0 aliphatic carbocycles. The molecule has 10 heteroatoms. The average Bonchev–Trinajstić information content (AvgIpc) is 2.83. The molecule has 178 valence electrons. The maximum Gasteiger partial charge on any atom is 0.321 e. The minimum Gasteiger partial charge on any atom is -0.455 e. The van der Waals surface area contributed by atoms with Gasteiger partial charge in [-0.1, -0.05) is 31.5 Å². The van der Waals surface area contributed by atoms with Crippen molar-refractivity contribution in [3.05, 3.63) is 48.5 Å². The molecule has 33 heavy (non-hydrogen) atoms. The standard InChI is InChI=1S/C23H30N4O5S/c1-2-13-24-23(29)26-22(28)17-25-20-16-19(33(30,31)27-14-7-4-8-15-27)11-12-21(20)32-18-9-5-3-6-10-18/h3,5-6,9-12,16,25H,2,4,7-8,13-15,17H2,1H3,(H2,24,26,28,29). The molecule has 1 fully saturated rings. The largest absolute Gasteiger partial charge is 0.455 e. The Morgan fingerprint density at radius 1 is 1.03 bits per heavy atom. The molecular formula is C23H30N4O5S. The fraction of sp³-hybridized carbons (Fsp3) is 0.391. The monoisotopic (exact) mass is 474 g/mol. The normalized spacial score (nSPS) is 14.3. The number of hydrogen-bond acceptors (Lipinski definition) is 6. The lowest BCUT2D eigenvalue weighted by Crippen LogP contribution is -2.42.